The minimum absolute atomic E-state index is 0.257. The van der Waals surface area contributed by atoms with E-state index in [2.05, 4.69) is 14.7 Å². The van der Waals surface area contributed by atoms with Gasteiger partial charge < -0.3 is 4.74 Å². The van der Waals surface area contributed by atoms with Gasteiger partial charge in [-0.05, 0) is 6.08 Å². The van der Waals surface area contributed by atoms with Crippen molar-refractivity contribution in [2.24, 2.45) is 0 Å². The van der Waals surface area contributed by atoms with Crippen LogP contribution in [-0.4, -0.2) is 23.0 Å². The summed E-state index contributed by atoms with van der Waals surface area (Å²) in [6.07, 6.45) is 8.48. The first-order valence-electron chi connectivity index (χ1n) is 3.82. The van der Waals surface area contributed by atoms with Crippen LogP contribution in [-0.2, 0) is 9.53 Å². The summed E-state index contributed by atoms with van der Waals surface area (Å²) < 4.78 is 4.46. The lowest BCUT2D eigenvalue weighted by Gasteiger charge is -1.92. The smallest absolute Gasteiger partial charge is 0.309 e. The maximum absolute atomic E-state index is 10.7. The topological polar surface area (TPSA) is 52.1 Å². The average Bonchev–Trinajstić information content (AvgIpc) is 2.19. The fraction of sp³-hybridized carbons (Fsp3) is 0.222. The zero-order valence-corrected chi connectivity index (χ0v) is 7.30. The van der Waals surface area contributed by atoms with Crippen LogP contribution in [0.15, 0.2) is 24.7 Å². The molecule has 0 amide bonds. The van der Waals surface area contributed by atoms with Gasteiger partial charge in [0.1, 0.15) is 0 Å². The summed E-state index contributed by atoms with van der Waals surface area (Å²) in [7, 11) is 1.36. The van der Waals surface area contributed by atoms with E-state index in [-0.39, 0.29) is 12.4 Å². The van der Waals surface area contributed by atoms with Gasteiger partial charge >= 0.3 is 5.97 Å². The van der Waals surface area contributed by atoms with Gasteiger partial charge in [0.05, 0.1) is 25.4 Å². The van der Waals surface area contributed by atoms with E-state index >= 15 is 0 Å². The van der Waals surface area contributed by atoms with Crippen LogP contribution in [0.1, 0.15) is 12.1 Å². The van der Waals surface area contributed by atoms with E-state index < -0.39 is 0 Å². The molecule has 0 unspecified atom stereocenters. The molecule has 0 radical (unpaired) electrons. The van der Waals surface area contributed by atoms with E-state index in [1.165, 1.54) is 7.11 Å². The van der Waals surface area contributed by atoms with Crippen LogP contribution in [0.5, 0.6) is 0 Å². The Morgan fingerprint density at radius 1 is 1.62 bits per heavy atom. The molecular formula is C9H10N2O2. The van der Waals surface area contributed by atoms with Crippen LogP contribution >= 0.6 is 0 Å². The molecule has 0 bridgehead atoms. The summed E-state index contributed by atoms with van der Waals surface area (Å²) in [6, 6.07) is 0. The third-order valence-electron chi connectivity index (χ3n) is 1.38. The normalized spacial score (nSPS) is 10.2. The molecule has 0 fully saturated rings. The number of carbonyl (C=O) groups is 1. The van der Waals surface area contributed by atoms with Gasteiger partial charge in [-0.15, -0.1) is 0 Å². The number of carbonyl (C=O) groups excluding carboxylic acids is 1. The van der Waals surface area contributed by atoms with Crippen LogP contribution in [0.3, 0.4) is 0 Å². The van der Waals surface area contributed by atoms with Gasteiger partial charge in [-0.25, -0.2) is 0 Å². The molecule has 0 aliphatic carbocycles. The van der Waals surface area contributed by atoms with Crippen molar-refractivity contribution in [3.8, 4) is 0 Å². The van der Waals surface area contributed by atoms with E-state index in [4.69, 9.17) is 0 Å². The molecule has 0 aromatic carbocycles. The van der Waals surface area contributed by atoms with Crippen molar-refractivity contribution in [3.05, 3.63) is 30.4 Å². The second kappa shape index (κ2) is 5.03. The van der Waals surface area contributed by atoms with Gasteiger partial charge in [0.2, 0.25) is 0 Å². The van der Waals surface area contributed by atoms with E-state index in [9.17, 15) is 4.79 Å². The van der Waals surface area contributed by atoms with Gasteiger partial charge in [-0.3, -0.25) is 14.8 Å². The number of hydrogen-bond acceptors (Lipinski definition) is 4. The maximum atomic E-state index is 10.7. The summed E-state index contributed by atoms with van der Waals surface area (Å²) in [4.78, 5) is 18.6. The van der Waals surface area contributed by atoms with Crippen molar-refractivity contribution in [1.82, 2.24) is 9.97 Å². The quantitative estimate of drug-likeness (QED) is 0.649. The number of esters is 1. The molecule has 0 atom stereocenters. The lowest BCUT2D eigenvalue weighted by Crippen LogP contribution is -1.96. The zero-order chi connectivity index (χ0) is 9.52. The monoisotopic (exact) mass is 178 g/mol. The zero-order valence-electron chi connectivity index (χ0n) is 7.30. The highest BCUT2D eigenvalue weighted by Crippen LogP contribution is 1.96. The molecule has 1 rings (SSSR count). The second-order valence-corrected chi connectivity index (χ2v) is 2.31. The molecule has 4 heteroatoms. The van der Waals surface area contributed by atoms with Crippen LogP contribution in [0.25, 0.3) is 6.08 Å². The van der Waals surface area contributed by atoms with Crippen molar-refractivity contribution >= 4 is 12.0 Å². The minimum atomic E-state index is -0.264. The van der Waals surface area contributed by atoms with Crippen molar-refractivity contribution in [2.45, 2.75) is 6.42 Å². The summed E-state index contributed by atoms with van der Waals surface area (Å²) in [5, 5.41) is 0. The Bertz CT molecular complexity index is 296. The van der Waals surface area contributed by atoms with Crippen molar-refractivity contribution in [3.63, 3.8) is 0 Å². The van der Waals surface area contributed by atoms with Crippen molar-refractivity contribution in [1.29, 1.82) is 0 Å². The summed E-state index contributed by atoms with van der Waals surface area (Å²) in [5.41, 5.74) is 0.728. The third kappa shape index (κ3) is 3.46. The minimum Gasteiger partial charge on any atom is -0.469 e. The molecule has 1 heterocycles. The van der Waals surface area contributed by atoms with Gasteiger partial charge in [0.15, 0.2) is 0 Å². The molecule has 4 nitrogen and oxygen atoms in total. The Labute approximate surface area is 76.3 Å². The summed E-state index contributed by atoms with van der Waals surface area (Å²) in [6.45, 7) is 0. The van der Waals surface area contributed by atoms with E-state index in [0.29, 0.717) is 0 Å². The lowest BCUT2D eigenvalue weighted by atomic mass is 10.3. The van der Waals surface area contributed by atoms with Crippen LogP contribution in [0.2, 0.25) is 0 Å². The molecule has 0 saturated heterocycles. The number of ether oxygens (including phenoxy) is 1. The first-order chi connectivity index (χ1) is 6.33. The average molecular weight is 178 g/mol. The van der Waals surface area contributed by atoms with Gasteiger partial charge in [-0.1, -0.05) is 6.08 Å². The Kier molecular flexibility index (Phi) is 3.63. The molecule has 0 spiro atoms. The first kappa shape index (κ1) is 9.38. The standard InChI is InChI=1S/C9H10N2O2/c1-13-9(12)4-2-3-8-7-10-5-6-11-8/h2-3,5-7H,4H2,1H3. The molecule has 1 aromatic rings. The predicted octanol–water partition coefficient (Wildman–Crippen LogP) is 1.05. The number of nitrogens with zero attached hydrogens (tertiary/aromatic N) is 2. The third-order valence-corrected chi connectivity index (χ3v) is 1.38. The lowest BCUT2D eigenvalue weighted by molar-refractivity contribution is -0.139. The largest absolute Gasteiger partial charge is 0.469 e. The number of methoxy groups -OCH3 is 1. The fourth-order valence-electron chi connectivity index (χ4n) is 0.756. The molecule has 0 saturated carbocycles. The van der Waals surface area contributed by atoms with Gasteiger partial charge in [0, 0.05) is 12.4 Å². The molecule has 0 N–H and O–H groups in total. The van der Waals surface area contributed by atoms with Gasteiger partial charge in [-0.2, -0.15) is 0 Å². The summed E-state index contributed by atoms with van der Waals surface area (Å²) in [5.74, 6) is -0.264. The Hall–Kier alpha value is -1.71. The highest BCUT2D eigenvalue weighted by Gasteiger charge is 1.93. The SMILES string of the molecule is COC(=O)CC=Cc1cnccn1. The molecular weight excluding hydrogens is 168 g/mol. The molecule has 13 heavy (non-hydrogen) atoms. The Morgan fingerprint density at radius 3 is 3.08 bits per heavy atom. The number of rotatable bonds is 3. The van der Waals surface area contributed by atoms with E-state index in [1.807, 2.05) is 0 Å². The van der Waals surface area contributed by atoms with Crippen molar-refractivity contribution < 1.29 is 9.53 Å². The highest BCUT2D eigenvalue weighted by molar-refractivity contribution is 5.72. The molecule has 0 aliphatic rings. The maximum Gasteiger partial charge on any atom is 0.309 e. The van der Waals surface area contributed by atoms with Crippen molar-refractivity contribution in [2.75, 3.05) is 7.11 Å². The Balaban J connectivity index is 2.45. The van der Waals surface area contributed by atoms with Crippen LogP contribution in [0, 0.1) is 0 Å². The second-order valence-electron chi connectivity index (χ2n) is 2.31. The van der Waals surface area contributed by atoms with E-state index in [0.717, 1.165) is 5.69 Å². The molecule has 0 aliphatic heterocycles. The number of aromatic nitrogens is 2. The van der Waals surface area contributed by atoms with Crippen LogP contribution in [0.4, 0.5) is 0 Å². The molecule has 1 aromatic heterocycles. The van der Waals surface area contributed by atoms with Gasteiger partial charge in [0.25, 0.3) is 0 Å². The van der Waals surface area contributed by atoms with E-state index in [1.54, 1.807) is 30.7 Å². The summed E-state index contributed by atoms with van der Waals surface area (Å²) >= 11 is 0. The first-order valence-corrected chi connectivity index (χ1v) is 3.82. The Morgan fingerprint density at radius 2 is 2.46 bits per heavy atom. The van der Waals surface area contributed by atoms with Crippen LogP contribution < -0.4 is 0 Å². The predicted molar refractivity (Wildman–Crippen MR) is 47.7 cm³/mol. The highest BCUT2D eigenvalue weighted by atomic mass is 16.5. The fourth-order valence-corrected chi connectivity index (χ4v) is 0.756. The molecule has 68 valence electrons. The number of hydrogen-bond donors (Lipinski definition) is 0.